The summed E-state index contributed by atoms with van der Waals surface area (Å²) >= 11 is 1.44. The summed E-state index contributed by atoms with van der Waals surface area (Å²) in [7, 11) is 1.92. The van der Waals surface area contributed by atoms with E-state index in [1.807, 2.05) is 17.3 Å². The molecule has 1 aromatic heterocycles. The molecule has 1 heterocycles. The molecular formula is C14H22N2OS. The molecule has 0 atom stereocenters. The fraction of sp³-hybridized carbons (Fsp3) is 0.643. The summed E-state index contributed by atoms with van der Waals surface area (Å²) < 4.78 is 0. The van der Waals surface area contributed by atoms with E-state index in [0.29, 0.717) is 16.6 Å². The number of hydrogen-bond donors (Lipinski definition) is 1. The first kappa shape index (κ1) is 13.4. The zero-order valence-corrected chi connectivity index (χ0v) is 12.0. The molecule has 4 heteroatoms. The number of rotatable bonds is 3. The molecule has 2 rings (SSSR count). The summed E-state index contributed by atoms with van der Waals surface area (Å²) in [5.41, 5.74) is 6.43. The maximum Gasteiger partial charge on any atom is 0.266 e. The lowest BCUT2D eigenvalue weighted by Crippen LogP contribution is -2.39. The highest BCUT2D eigenvalue weighted by molar-refractivity contribution is 7.12. The fourth-order valence-electron chi connectivity index (χ4n) is 2.76. The average molecular weight is 266 g/mol. The number of thiophene rings is 1. The molecule has 0 saturated heterocycles. The van der Waals surface area contributed by atoms with Gasteiger partial charge in [0.25, 0.3) is 5.91 Å². The Kier molecular flexibility index (Phi) is 4.27. The van der Waals surface area contributed by atoms with Gasteiger partial charge in [-0.1, -0.05) is 13.3 Å². The van der Waals surface area contributed by atoms with Crippen LogP contribution in [0.1, 0.15) is 48.7 Å². The van der Waals surface area contributed by atoms with Crippen LogP contribution in [0, 0.1) is 5.92 Å². The van der Waals surface area contributed by atoms with Gasteiger partial charge in [0.1, 0.15) is 4.88 Å². The molecule has 0 bridgehead atoms. The zero-order chi connectivity index (χ0) is 13.1. The van der Waals surface area contributed by atoms with Crippen LogP contribution in [0.15, 0.2) is 11.4 Å². The number of hydrogen-bond acceptors (Lipinski definition) is 3. The second-order valence-electron chi connectivity index (χ2n) is 5.20. The van der Waals surface area contributed by atoms with E-state index in [4.69, 9.17) is 5.73 Å². The summed E-state index contributed by atoms with van der Waals surface area (Å²) in [5.74, 6) is 0.944. The Morgan fingerprint density at radius 3 is 2.61 bits per heavy atom. The summed E-state index contributed by atoms with van der Waals surface area (Å²) in [6.07, 6.45) is 6.03. The van der Waals surface area contributed by atoms with Gasteiger partial charge in [-0.05, 0) is 43.0 Å². The Labute approximate surface area is 113 Å². The van der Waals surface area contributed by atoms with Crippen molar-refractivity contribution in [2.45, 2.75) is 45.1 Å². The number of nitrogens with two attached hydrogens (primary N) is 1. The van der Waals surface area contributed by atoms with Crippen LogP contribution in [0.5, 0.6) is 0 Å². The van der Waals surface area contributed by atoms with E-state index in [9.17, 15) is 4.79 Å². The SMILES string of the molecule is CCC1CCC(N(C)C(=O)c2sccc2N)CC1. The number of nitrogens with zero attached hydrogens (tertiary/aromatic N) is 1. The highest BCUT2D eigenvalue weighted by Crippen LogP contribution is 2.30. The van der Waals surface area contributed by atoms with Crippen molar-refractivity contribution in [2.75, 3.05) is 12.8 Å². The van der Waals surface area contributed by atoms with Gasteiger partial charge >= 0.3 is 0 Å². The molecule has 1 aliphatic carbocycles. The molecule has 100 valence electrons. The van der Waals surface area contributed by atoms with Crippen molar-refractivity contribution < 1.29 is 4.79 Å². The van der Waals surface area contributed by atoms with E-state index in [1.54, 1.807) is 6.07 Å². The molecule has 0 aromatic carbocycles. The van der Waals surface area contributed by atoms with Crippen molar-refractivity contribution in [3.63, 3.8) is 0 Å². The van der Waals surface area contributed by atoms with Crippen LogP contribution in [0.2, 0.25) is 0 Å². The summed E-state index contributed by atoms with van der Waals surface area (Å²) in [4.78, 5) is 14.9. The van der Waals surface area contributed by atoms with Gasteiger partial charge in [0.2, 0.25) is 0 Å². The Morgan fingerprint density at radius 1 is 1.44 bits per heavy atom. The molecule has 0 unspecified atom stereocenters. The first-order valence-electron chi connectivity index (χ1n) is 6.73. The standard InChI is InChI=1S/C14H22N2OS/c1-3-10-4-6-11(7-5-10)16(2)14(17)13-12(15)8-9-18-13/h8-11H,3-7,15H2,1-2H3. The molecule has 3 nitrogen and oxygen atoms in total. The predicted molar refractivity (Wildman–Crippen MR) is 76.9 cm³/mol. The van der Waals surface area contributed by atoms with Gasteiger partial charge in [-0.3, -0.25) is 4.79 Å². The highest BCUT2D eigenvalue weighted by Gasteiger charge is 2.27. The van der Waals surface area contributed by atoms with Gasteiger partial charge in [-0.15, -0.1) is 11.3 Å². The summed E-state index contributed by atoms with van der Waals surface area (Å²) in [6.45, 7) is 2.26. The van der Waals surface area contributed by atoms with Gasteiger partial charge in [-0.25, -0.2) is 0 Å². The molecule has 0 spiro atoms. The van der Waals surface area contributed by atoms with E-state index >= 15 is 0 Å². The Bertz CT molecular complexity index is 408. The van der Waals surface area contributed by atoms with E-state index in [-0.39, 0.29) is 5.91 Å². The van der Waals surface area contributed by atoms with Crippen LogP contribution >= 0.6 is 11.3 Å². The minimum absolute atomic E-state index is 0.0856. The lowest BCUT2D eigenvalue weighted by molar-refractivity contribution is 0.0680. The van der Waals surface area contributed by atoms with Gasteiger partial charge in [0.15, 0.2) is 0 Å². The van der Waals surface area contributed by atoms with Crippen molar-refractivity contribution in [2.24, 2.45) is 5.92 Å². The third-order valence-corrected chi connectivity index (χ3v) is 5.07. The second kappa shape index (κ2) is 5.74. The number of nitrogen functional groups attached to an aromatic ring is 1. The molecule has 1 amide bonds. The number of carbonyl (C=O) groups excluding carboxylic acids is 1. The quantitative estimate of drug-likeness (QED) is 0.911. The highest BCUT2D eigenvalue weighted by atomic mass is 32.1. The minimum atomic E-state index is 0.0856. The van der Waals surface area contributed by atoms with Crippen LogP contribution in [0.4, 0.5) is 5.69 Å². The second-order valence-corrected chi connectivity index (χ2v) is 6.12. The van der Waals surface area contributed by atoms with Crippen LogP contribution < -0.4 is 5.73 Å². The molecule has 1 aromatic rings. The van der Waals surface area contributed by atoms with Crippen LogP contribution in [0.3, 0.4) is 0 Å². The monoisotopic (exact) mass is 266 g/mol. The van der Waals surface area contributed by atoms with E-state index in [1.165, 1.54) is 30.6 Å². The van der Waals surface area contributed by atoms with Gasteiger partial charge in [0.05, 0.1) is 5.69 Å². The number of carbonyl (C=O) groups is 1. The molecule has 1 aliphatic rings. The van der Waals surface area contributed by atoms with E-state index in [0.717, 1.165) is 18.8 Å². The molecule has 0 radical (unpaired) electrons. The predicted octanol–water partition coefficient (Wildman–Crippen LogP) is 3.37. The summed E-state index contributed by atoms with van der Waals surface area (Å²) in [6, 6.07) is 2.20. The van der Waals surface area contributed by atoms with E-state index < -0.39 is 0 Å². The largest absolute Gasteiger partial charge is 0.397 e. The average Bonchev–Trinajstić information content (AvgIpc) is 2.83. The Morgan fingerprint density at radius 2 is 2.11 bits per heavy atom. The fourth-order valence-corrected chi connectivity index (χ4v) is 3.56. The maximum absolute atomic E-state index is 12.3. The summed E-state index contributed by atoms with van der Waals surface area (Å²) in [5, 5.41) is 1.88. The topological polar surface area (TPSA) is 46.3 Å². The zero-order valence-electron chi connectivity index (χ0n) is 11.2. The lowest BCUT2D eigenvalue weighted by atomic mass is 9.84. The van der Waals surface area contributed by atoms with Crippen molar-refractivity contribution in [3.8, 4) is 0 Å². The molecule has 2 N–H and O–H groups in total. The van der Waals surface area contributed by atoms with Crippen LogP contribution in [0.25, 0.3) is 0 Å². The normalized spacial score (nSPS) is 23.9. The number of anilines is 1. The maximum atomic E-state index is 12.3. The third-order valence-electron chi connectivity index (χ3n) is 4.15. The van der Waals surface area contributed by atoms with Crippen LogP contribution in [-0.2, 0) is 0 Å². The first-order chi connectivity index (χ1) is 8.63. The van der Waals surface area contributed by atoms with Crippen molar-refractivity contribution in [3.05, 3.63) is 16.3 Å². The van der Waals surface area contributed by atoms with Crippen molar-refractivity contribution in [1.82, 2.24) is 4.90 Å². The minimum Gasteiger partial charge on any atom is -0.397 e. The van der Waals surface area contributed by atoms with Crippen molar-refractivity contribution in [1.29, 1.82) is 0 Å². The molecule has 0 aliphatic heterocycles. The third kappa shape index (κ3) is 2.69. The molecular weight excluding hydrogens is 244 g/mol. The van der Waals surface area contributed by atoms with Crippen molar-refractivity contribution >= 4 is 22.9 Å². The number of amides is 1. The molecule has 1 fully saturated rings. The lowest BCUT2D eigenvalue weighted by Gasteiger charge is -2.34. The van der Waals surface area contributed by atoms with Gasteiger partial charge in [0, 0.05) is 13.1 Å². The van der Waals surface area contributed by atoms with E-state index in [2.05, 4.69) is 6.92 Å². The Hall–Kier alpha value is -1.03. The first-order valence-corrected chi connectivity index (χ1v) is 7.61. The van der Waals surface area contributed by atoms with Crippen LogP contribution in [-0.4, -0.2) is 23.9 Å². The molecule has 1 saturated carbocycles. The Balaban J connectivity index is 1.98. The van der Waals surface area contributed by atoms with Gasteiger partial charge < -0.3 is 10.6 Å². The van der Waals surface area contributed by atoms with Gasteiger partial charge in [-0.2, -0.15) is 0 Å². The molecule has 18 heavy (non-hydrogen) atoms. The smallest absolute Gasteiger partial charge is 0.266 e.